The third-order valence-corrected chi connectivity index (χ3v) is 6.43. The molecule has 0 radical (unpaired) electrons. The normalized spacial score (nSPS) is 12.9. The second kappa shape index (κ2) is 12.5. The number of carbonyl (C=O) groups is 2. The lowest BCUT2D eigenvalue weighted by Crippen LogP contribution is -2.50. The zero-order valence-corrected chi connectivity index (χ0v) is 23.0. The summed E-state index contributed by atoms with van der Waals surface area (Å²) >= 11 is 8.53. The molecule has 0 fully saturated rings. The van der Waals surface area contributed by atoms with Crippen molar-refractivity contribution in [2.45, 2.75) is 31.9 Å². The number of anilines is 2. The van der Waals surface area contributed by atoms with Crippen molar-refractivity contribution >= 4 is 50.7 Å². The summed E-state index contributed by atoms with van der Waals surface area (Å²) in [7, 11) is 0. The first-order valence-corrected chi connectivity index (χ1v) is 12.3. The number of halogens is 10. The van der Waals surface area contributed by atoms with Crippen molar-refractivity contribution in [3.63, 3.8) is 0 Å². The van der Waals surface area contributed by atoms with E-state index >= 15 is 4.39 Å². The maximum Gasteiger partial charge on any atom is 0.435 e. The number of rotatable bonds is 8. The van der Waals surface area contributed by atoms with Crippen LogP contribution in [0.3, 0.4) is 0 Å². The smallest absolute Gasteiger partial charge is 0.320 e. The molecule has 0 saturated heterocycles. The summed E-state index contributed by atoms with van der Waals surface area (Å²) in [6.45, 7) is 6.63. The molecule has 4 nitrogen and oxygen atoms in total. The molecular formula is C26H20BrClF8N2O2. The maximum atomic E-state index is 15.5. The van der Waals surface area contributed by atoms with Crippen molar-refractivity contribution in [3.05, 3.63) is 93.2 Å². The SMILES string of the molecule is C=C/C=C\C(=C/C)C(=O)N(CC)c1cccc(C(=O)Nc2c(Cl)cc(C(F)(C(F)(F)F)C(F)(F)F)cc2Br)c1F. The molecule has 0 unspecified atom stereocenters. The molecule has 1 N–H and O–H groups in total. The highest BCUT2D eigenvalue weighted by Gasteiger charge is 2.73. The zero-order valence-electron chi connectivity index (χ0n) is 20.7. The lowest BCUT2D eigenvalue weighted by molar-refractivity contribution is -0.348. The Bertz CT molecular complexity index is 1330. The largest absolute Gasteiger partial charge is 0.435 e. The monoisotopic (exact) mass is 658 g/mol. The standard InChI is InChI=1S/C26H20BrClF8N2O2/c1-4-7-9-14(5-2)23(40)38(6-3)19-11-8-10-16(20(19)29)22(39)37-21-17(27)12-15(13-18(21)28)24(30,25(31,32)33)26(34,35)36/h4-5,7-13H,1,6H2,2-3H3,(H,37,39)/b9-7-,14-5+. The number of carbonyl (C=O) groups excluding carboxylic acids is 2. The van der Waals surface area contributed by atoms with Gasteiger partial charge in [0, 0.05) is 22.2 Å². The van der Waals surface area contributed by atoms with E-state index in [9.17, 15) is 40.3 Å². The molecule has 0 aromatic heterocycles. The number of benzene rings is 2. The molecule has 0 aliphatic heterocycles. The number of hydrogen-bond donors (Lipinski definition) is 1. The van der Waals surface area contributed by atoms with E-state index in [0.29, 0.717) is 0 Å². The minimum absolute atomic E-state index is 0.0116. The molecule has 0 aliphatic rings. The first-order valence-electron chi connectivity index (χ1n) is 11.1. The van der Waals surface area contributed by atoms with Crippen LogP contribution in [-0.4, -0.2) is 30.7 Å². The fraction of sp³-hybridized carbons (Fsp3) is 0.231. The van der Waals surface area contributed by atoms with Crippen LogP contribution in [0.25, 0.3) is 0 Å². The van der Waals surface area contributed by atoms with Gasteiger partial charge in [-0.05, 0) is 60.1 Å². The van der Waals surface area contributed by atoms with Crippen LogP contribution in [-0.2, 0) is 10.5 Å². The molecule has 2 aromatic carbocycles. The van der Waals surface area contributed by atoms with Gasteiger partial charge in [-0.2, -0.15) is 26.3 Å². The maximum absolute atomic E-state index is 15.5. The van der Waals surface area contributed by atoms with Crippen LogP contribution in [0.15, 0.2) is 71.3 Å². The molecule has 0 aliphatic carbocycles. The molecule has 0 spiro atoms. The van der Waals surface area contributed by atoms with E-state index in [2.05, 4.69) is 27.8 Å². The molecule has 2 amide bonds. The number of hydrogen-bond acceptors (Lipinski definition) is 2. The number of nitrogens with one attached hydrogen (secondary N) is 1. The Morgan fingerprint density at radius 2 is 1.70 bits per heavy atom. The summed E-state index contributed by atoms with van der Waals surface area (Å²) in [5, 5.41) is 1.19. The van der Waals surface area contributed by atoms with Gasteiger partial charge < -0.3 is 10.2 Å². The lowest BCUT2D eigenvalue weighted by Gasteiger charge is -2.30. The molecule has 0 atom stereocenters. The summed E-state index contributed by atoms with van der Waals surface area (Å²) in [6, 6.07) is 3.72. The van der Waals surface area contributed by atoms with Crippen molar-refractivity contribution in [3.8, 4) is 0 Å². The molecule has 2 aromatic rings. The quantitative estimate of drug-likeness (QED) is 0.175. The molecule has 14 heteroatoms. The Morgan fingerprint density at radius 1 is 1.10 bits per heavy atom. The Balaban J connectivity index is 2.51. The fourth-order valence-electron chi connectivity index (χ4n) is 3.51. The van der Waals surface area contributed by atoms with E-state index in [4.69, 9.17) is 11.6 Å². The average Bonchev–Trinajstić information content (AvgIpc) is 2.85. The van der Waals surface area contributed by atoms with Gasteiger partial charge in [0.2, 0.25) is 0 Å². The number of allylic oxidation sites excluding steroid dienone is 3. The molecule has 0 bridgehead atoms. The Kier molecular flexibility index (Phi) is 10.4. The van der Waals surface area contributed by atoms with E-state index in [1.54, 1.807) is 13.8 Å². The zero-order chi connectivity index (χ0) is 30.6. The summed E-state index contributed by atoms with van der Waals surface area (Å²) in [6.07, 6.45) is -6.94. The van der Waals surface area contributed by atoms with Crippen LogP contribution in [0.2, 0.25) is 5.02 Å². The van der Waals surface area contributed by atoms with Crippen molar-refractivity contribution in [2.24, 2.45) is 0 Å². The molecule has 216 valence electrons. The molecule has 0 saturated carbocycles. The highest BCUT2D eigenvalue weighted by atomic mass is 79.9. The molecule has 40 heavy (non-hydrogen) atoms. The van der Waals surface area contributed by atoms with E-state index in [-0.39, 0.29) is 29.9 Å². The molecular weight excluding hydrogens is 640 g/mol. The minimum Gasteiger partial charge on any atom is -0.320 e. The van der Waals surface area contributed by atoms with Gasteiger partial charge in [0.15, 0.2) is 5.82 Å². The van der Waals surface area contributed by atoms with Gasteiger partial charge in [-0.3, -0.25) is 9.59 Å². The summed E-state index contributed by atoms with van der Waals surface area (Å²) in [5.41, 5.74) is -8.94. The highest BCUT2D eigenvalue weighted by Crippen LogP contribution is 2.54. The van der Waals surface area contributed by atoms with Crippen LogP contribution >= 0.6 is 27.5 Å². The first-order chi connectivity index (χ1) is 18.5. The number of likely N-dealkylation sites (N-methyl/N-ethyl adjacent to an activating group) is 1. The lowest BCUT2D eigenvalue weighted by atomic mass is 9.94. The number of amides is 2. The van der Waals surface area contributed by atoms with E-state index in [0.717, 1.165) is 11.0 Å². The second-order valence-corrected chi connectivity index (χ2v) is 9.21. The van der Waals surface area contributed by atoms with Crippen LogP contribution in [0.1, 0.15) is 29.8 Å². The minimum atomic E-state index is -6.39. The predicted octanol–water partition coefficient (Wildman–Crippen LogP) is 8.82. The summed E-state index contributed by atoms with van der Waals surface area (Å²) in [4.78, 5) is 26.9. The van der Waals surface area contributed by atoms with Gasteiger partial charge in [-0.25, -0.2) is 8.78 Å². The van der Waals surface area contributed by atoms with E-state index < -0.39 is 62.0 Å². The van der Waals surface area contributed by atoms with Crippen LogP contribution in [0.5, 0.6) is 0 Å². The molecule has 2 rings (SSSR count). The first kappa shape index (κ1) is 33.0. The summed E-state index contributed by atoms with van der Waals surface area (Å²) < 4.78 is 108. The van der Waals surface area contributed by atoms with Crippen LogP contribution in [0, 0.1) is 5.82 Å². The average molecular weight is 660 g/mol. The van der Waals surface area contributed by atoms with Crippen LogP contribution < -0.4 is 10.2 Å². The van der Waals surface area contributed by atoms with Crippen molar-refractivity contribution in [1.29, 1.82) is 0 Å². The summed E-state index contributed by atoms with van der Waals surface area (Å²) in [5.74, 6) is -2.97. The van der Waals surface area contributed by atoms with Crippen LogP contribution in [0.4, 0.5) is 46.5 Å². The van der Waals surface area contributed by atoms with E-state index in [1.807, 2.05) is 0 Å². The van der Waals surface area contributed by atoms with Crippen molar-refractivity contribution in [1.82, 2.24) is 0 Å². The fourth-order valence-corrected chi connectivity index (χ4v) is 4.45. The third kappa shape index (κ3) is 6.41. The van der Waals surface area contributed by atoms with Crippen molar-refractivity contribution in [2.75, 3.05) is 16.8 Å². The predicted molar refractivity (Wildman–Crippen MR) is 140 cm³/mol. The van der Waals surface area contributed by atoms with Gasteiger partial charge in [-0.1, -0.05) is 42.5 Å². The van der Waals surface area contributed by atoms with Crippen molar-refractivity contribution < 1.29 is 44.7 Å². The Morgan fingerprint density at radius 3 is 2.17 bits per heavy atom. The second-order valence-electron chi connectivity index (χ2n) is 7.95. The number of alkyl halides is 7. The highest BCUT2D eigenvalue weighted by molar-refractivity contribution is 9.10. The van der Waals surface area contributed by atoms with E-state index in [1.165, 1.54) is 36.4 Å². The number of nitrogens with zero attached hydrogens (tertiary/aromatic N) is 1. The van der Waals surface area contributed by atoms with Gasteiger partial charge in [-0.15, -0.1) is 0 Å². The topological polar surface area (TPSA) is 49.4 Å². The Hall–Kier alpha value is -3.19. The Labute approximate surface area is 237 Å². The van der Waals surface area contributed by atoms with Gasteiger partial charge in [0.25, 0.3) is 11.8 Å². The third-order valence-electron chi connectivity index (χ3n) is 5.50. The van der Waals surface area contributed by atoms with Gasteiger partial charge in [0.1, 0.15) is 0 Å². The molecule has 0 heterocycles. The van der Waals surface area contributed by atoms with Gasteiger partial charge in [0.05, 0.1) is 22.0 Å². The van der Waals surface area contributed by atoms with Gasteiger partial charge >= 0.3 is 18.0 Å².